The first-order chi connectivity index (χ1) is 27.8. The van der Waals surface area contributed by atoms with Gasteiger partial charge in [-0.05, 0) is 109 Å². The Bertz CT molecular complexity index is 2120. The molecule has 2 nitrogen and oxygen atoms in total. The number of halogens is 14. The minimum absolute atomic E-state index is 0.0285. The molecule has 8 rings (SSSR count). The maximum absolute atomic E-state index is 15.1. The highest BCUT2D eigenvalue weighted by atomic mass is 19.4. The molecule has 0 N–H and O–H groups in total. The average Bonchev–Trinajstić information content (AvgIpc) is 4.01. The van der Waals surface area contributed by atoms with Crippen molar-refractivity contribution in [2.45, 2.75) is 56.3 Å². The molecule has 0 aromatic heterocycles. The molecule has 4 aliphatic carbocycles. The summed E-state index contributed by atoms with van der Waals surface area (Å²) in [4.78, 5) is 0. The predicted molar refractivity (Wildman–Crippen MR) is 184 cm³/mol. The van der Waals surface area contributed by atoms with E-state index < -0.39 is 110 Å². The third-order valence-corrected chi connectivity index (χ3v) is 12.3. The van der Waals surface area contributed by atoms with Crippen LogP contribution in [0, 0.1) is 82.0 Å². The molecular weight excluding hydrogens is 814 g/mol. The van der Waals surface area contributed by atoms with Crippen molar-refractivity contribution in [3.8, 4) is 23.0 Å². The fourth-order valence-corrected chi connectivity index (χ4v) is 9.40. The molecule has 2 saturated carbocycles. The number of allylic oxidation sites excluding steroid dienone is 4. The summed E-state index contributed by atoms with van der Waals surface area (Å²) in [5, 5.41) is 0. The van der Waals surface area contributed by atoms with E-state index in [0.717, 1.165) is 12.8 Å². The van der Waals surface area contributed by atoms with Crippen molar-refractivity contribution in [2.75, 3.05) is 0 Å². The molecule has 2 fully saturated rings. The molecule has 59 heavy (non-hydrogen) atoms. The molecule has 4 aromatic rings. The van der Waals surface area contributed by atoms with E-state index in [1.807, 2.05) is 24.3 Å². The third-order valence-electron chi connectivity index (χ3n) is 12.3. The van der Waals surface area contributed by atoms with Crippen molar-refractivity contribution >= 4 is 0 Å². The van der Waals surface area contributed by atoms with Gasteiger partial charge in [-0.3, -0.25) is 0 Å². The largest absolute Gasteiger partial charge is 0.451 e. The standard InChI is InChI=1S/C43H30F14O2/c44-31-29(17-23-15-19-1-3-21(23)13-19)32(45)36(49)39(35(31)48)58-27-9-5-25(6-10-27)41(42(52,53)54,43(55,56)57)26-7-11-28(12-8-26)59-40-37(50)33(46)30(34(47)38(40)51)18-24-16-20-2-4-22(24)14-20/h1-12,19-24H,13-18H2. The lowest BCUT2D eigenvalue weighted by atomic mass is 9.73. The fourth-order valence-electron chi connectivity index (χ4n) is 9.40. The van der Waals surface area contributed by atoms with Crippen LogP contribution < -0.4 is 9.47 Å². The first-order valence-electron chi connectivity index (χ1n) is 18.6. The van der Waals surface area contributed by atoms with Crippen LogP contribution in [0.2, 0.25) is 0 Å². The van der Waals surface area contributed by atoms with Crippen LogP contribution in [0.25, 0.3) is 0 Å². The minimum Gasteiger partial charge on any atom is -0.451 e. The van der Waals surface area contributed by atoms with E-state index in [4.69, 9.17) is 9.47 Å². The summed E-state index contributed by atoms with van der Waals surface area (Å²) >= 11 is 0. The molecular formula is C43H30F14O2. The Morgan fingerprint density at radius 1 is 0.424 bits per heavy atom. The van der Waals surface area contributed by atoms with Crippen molar-refractivity contribution in [1.29, 1.82) is 0 Å². The smallest absolute Gasteiger partial charge is 0.411 e. The van der Waals surface area contributed by atoms with Crippen molar-refractivity contribution in [3.05, 3.63) is 142 Å². The Labute approximate surface area is 327 Å². The molecule has 0 saturated heterocycles. The molecule has 6 atom stereocenters. The van der Waals surface area contributed by atoms with Gasteiger partial charge in [0.1, 0.15) is 11.5 Å². The monoisotopic (exact) mass is 844 g/mol. The summed E-state index contributed by atoms with van der Waals surface area (Å²) in [6, 6.07) is 2.95. The summed E-state index contributed by atoms with van der Waals surface area (Å²) in [6.45, 7) is 0. The summed E-state index contributed by atoms with van der Waals surface area (Å²) < 4.78 is 220. The van der Waals surface area contributed by atoms with E-state index in [0.29, 0.717) is 37.1 Å². The number of fused-ring (bicyclic) bond motifs is 4. The van der Waals surface area contributed by atoms with Gasteiger partial charge in [-0.25, -0.2) is 17.6 Å². The van der Waals surface area contributed by atoms with Gasteiger partial charge in [0.05, 0.1) is 0 Å². The molecule has 0 amide bonds. The Morgan fingerprint density at radius 3 is 1.00 bits per heavy atom. The topological polar surface area (TPSA) is 18.5 Å². The molecule has 0 aliphatic heterocycles. The first-order valence-corrected chi connectivity index (χ1v) is 18.6. The molecule has 312 valence electrons. The number of hydrogen-bond donors (Lipinski definition) is 0. The third kappa shape index (κ3) is 6.74. The van der Waals surface area contributed by atoms with Crippen LogP contribution in [0.4, 0.5) is 61.5 Å². The highest BCUT2D eigenvalue weighted by Gasteiger charge is 2.72. The molecule has 4 bridgehead atoms. The lowest BCUT2D eigenvalue weighted by Crippen LogP contribution is -2.54. The predicted octanol–water partition coefficient (Wildman–Crippen LogP) is 13.3. The van der Waals surface area contributed by atoms with Crippen molar-refractivity contribution in [2.24, 2.45) is 35.5 Å². The lowest BCUT2D eigenvalue weighted by Gasteiger charge is -2.38. The molecule has 0 spiro atoms. The summed E-state index contributed by atoms with van der Waals surface area (Å²) in [6.07, 6.45) is -2.76. The average molecular weight is 845 g/mol. The molecule has 16 heteroatoms. The van der Waals surface area contributed by atoms with Gasteiger partial charge in [0.25, 0.3) is 0 Å². The maximum Gasteiger partial charge on any atom is 0.411 e. The number of hydrogen-bond acceptors (Lipinski definition) is 2. The van der Waals surface area contributed by atoms with E-state index in [-0.39, 0.29) is 72.6 Å². The highest BCUT2D eigenvalue weighted by molar-refractivity contribution is 5.49. The van der Waals surface area contributed by atoms with Gasteiger partial charge in [-0.15, -0.1) is 0 Å². The van der Waals surface area contributed by atoms with E-state index in [2.05, 4.69) is 0 Å². The minimum atomic E-state index is -6.17. The molecule has 4 aromatic carbocycles. The van der Waals surface area contributed by atoms with Crippen LogP contribution in [0.1, 0.15) is 47.9 Å². The fraction of sp³-hybridized carbons (Fsp3) is 0.349. The molecule has 4 aliphatic rings. The van der Waals surface area contributed by atoms with Gasteiger partial charge in [0, 0.05) is 11.1 Å². The number of benzene rings is 4. The van der Waals surface area contributed by atoms with E-state index >= 15 is 35.1 Å². The number of rotatable bonds is 10. The molecule has 0 radical (unpaired) electrons. The Kier molecular flexibility index (Phi) is 10.1. The second-order valence-electron chi connectivity index (χ2n) is 15.6. The van der Waals surface area contributed by atoms with Crippen LogP contribution in [0.15, 0.2) is 72.8 Å². The second-order valence-corrected chi connectivity index (χ2v) is 15.6. The summed E-state index contributed by atoms with van der Waals surface area (Å²) in [5.74, 6) is -19.9. The molecule has 6 unspecified atom stereocenters. The van der Waals surface area contributed by atoms with Gasteiger partial charge >= 0.3 is 12.4 Å². The van der Waals surface area contributed by atoms with Crippen LogP contribution in [0.5, 0.6) is 23.0 Å². The van der Waals surface area contributed by atoms with E-state index in [9.17, 15) is 26.3 Å². The van der Waals surface area contributed by atoms with E-state index in [1.165, 1.54) is 0 Å². The van der Waals surface area contributed by atoms with Gasteiger partial charge in [-0.1, -0.05) is 48.6 Å². The SMILES string of the molecule is Fc1c(F)c(Oc2ccc(C(c3ccc(Oc4c(F)c(F)c(CC5CC6C=CC5C6)c(F)c4F)cc3)(C(F)(F)F)C(F)(F)F)cc2)c(F)c(F)c1CC1CC2C=CC1C2. The number of ether oxygens (including phenoxy) is 2. The van der Waals surface area contributed by atoms with Gasteiger partial charge < -0.3 is 9.47 Å². The van der Waals surface area contributed by atoms with Crippen LogP contribution in [0.3, 0.4) is 0 Å². The zero-order chi connectivity index (χ0) is 42.3. The summed E-state index contributed by atoms with van der Waals surface area (Å²) in [5.41, 5.74) is -9.58. The zero-order valence-corrected chi connectivity index (χ0v) is 30.2. The Hall–Kier alpha value is -5.02. The van der Waals surface area contributed by atoms with Crippen molar-refractivity contribution in [3.63, 3.8) is 0 Å². The quantitative estimate of drug-likeness (QED) is 0.0899. The van der Waals surface area contributed by atoms with Crippen molar-refractivity contribution < 1.29 is 70.9 Å². The molecule has 0 heterocycles. The maximum atomic E-state index is 15.1. The van der Waals surface area contributed by atoms with Crippen molar-refractivity contribution in [1.82, 2.24) is 0 Å². The van der Waals surface area contributed by atoms with Crippen LogP contribution in [-0.2, 0) is 18.3 Å². The lowest BCUT2D eigenvalue weighted by molar-refractivity contribution is -0.288. The Balaban J connectivity index is 1.06. The second kappa shape index (κ2) is 14.6. The van der Waals surface area contributed by atoms with Crippen LogP contribution >= 0.6 is 0 Å². The van der Waals surface area contributed by atoms with Gasteiger partial charge in [0.15, 0.2) is 23.3 Å². The Morgan fingerprint density at radius 2 is 0.746 bits per heavy atom. The zero-order valence-electron chi connectivity index (χ0n) is 30.2. The number of alkyl halides is 6. The van der Waals surface area contributed by atoms with Gasteiger partial charge in [0.2, 0.25) is 40.2 Å². The first kappa shape index (κ1) is 40.7. The summed E-state index contributed by atoms with van der Waals surface area (Å²) in [7, 11) is 0. The normalized spacial score (nSPS) is 23.5. The highest BCUT2D eigenvalue weighted by Crippen LogP contribution is 2.57. The van der Waals surface area contributed by atoms with Gasteiger partial charge in [-0.2, -0.15) is 43.9 Å². The van der Waals surface area contributed by atoms with E-state index in [1.54, 1.807) is 0 Å². The van der Waals surface area contributed by atoms with Crippen LogP contribution in [-0.4, -0.2) is 12.4 Å².